The van der Waals surface area contributed by atoms with E-state index in [4.69, 9.17) is 11.5 Å². The molecule has 0 rings (SSSR count). The number of hydrogen-bond acceptors (Lipinski definition) is 2. The Bertz CT molecular complexity index is 183. The summed E-state index contributed by atoms with van der Waals surface area (Å²) in [7, 11) is 0. The van der Waals surface area contributed by atoms with Gasteiger partial charge in [0.25, 0.3) is 0 Å². The molecule has 0 aromatic rings. The second-order valence-electron chi connectivity index (χ2n) is 1.38. The third-order valence-electron chi connectivity index (χ3n) is 0.658. The van der Waals surface area contributed by atoms with E-state index in [0.717, 1.165) is 0 Å². The van der Waals surface area contributed by atoms with Crippen molar-refractivity contribution in [3.8, 4) is 23.7 Å². The maximum Gasteiger partial charge on any atom is 0.0554 e. The first kappa shape index (κ1) is 8.78. The second-order valence-corrected chi connectivity index (χ2v) is 1.38. The van der Waals surface area contributed by atoms with Crippen molar-refractivity contribution in [3.63, 3.8) is 0 Å². The van der Waals surface area contributed by atoms with Gasteiger partial charge < -0.3 is 11.5 Å². The Morgan fingerprint density at radius 1 is 0.900 bits per heavy atom. The van der Waals surface area contributed by atoms with Crippen LogP contribution in [0.3, 0.4) is 0 Å². The molecule has 0 aliphatic heterocycles. The van der Waals surface area contributed by atoms with Crippen molar-refractivity contribution >= 4 is 0 Å². The van der Waals surface area contributed by atoms with E-state index in [1.165, 1.54) is 0 Å². The summed E-state index contributed by atoms with van der Waals surface area (Å²) in [4.78, 5) is 0. The zero-order valence-electron chi connectivity index (χ0n) is 5.72. The molecule has 0 aromatic heterocycles. The molecule has 0 aliphatic carbocycles. The summed E-state index contributed by atoms with van der Waals surface area (Å²) in [6.45, 7) is 0.767. The summed E-state index contributed by atoms with van der Waals surface area (Å²) in [6.07, 6.45) is 3.30. The average molecular weight is 134 g/mol. The predicted octanol–water partition coefficient (Wildman–Crippen LogP) is -0.533. The lowest BCUT2D eigenvalue weighted by Gasteiger charge is -1.68. The van der Waals surface area contributed by atoms with E-state index in [2.05, 4.69) is 23.7 Å². The molecule has 0 unspecified atom stereocenters. The summed E-state index contributed by atoms with van der Waals surface area (Å²) < 4.78 is 0. The molecule has 4 N–H and O–H groups in total. The number of rotatable bonds is 0. The minimum absolute atomic E-state index is 0.384. The maximum atomic E-state index is 5.11. The van der Waals surface area contributed by atoms with Gasteiger partial charge in [-0.2, -0.15) is 0 Å². The van der Waals surface area contributed by atoms with Crippen LogP contribution in [0.5, 0.6) is 0 Å². The van der Waals surface area contributed by atoms with Crippen molar-refractivity contribution in [2.45, 2.75) is 0 Å². The SMILES string of the molecule is NCC#CC=CC#CCN. The Labute approximate surface area is 61.3 Å². The van der Waals surface area contributed by atoms with Crippen molar-refractivity contribution in [1.82, 2.24) is 0 Å². The highest BCUT2D eigenvalue weighted by Gasteiger charge is 1.58. The van der Waals surface area contributed by atoms with Crippen molar-refractivity contribution < 1.29 is 0 Å². The topological polar surface area (TPSA) is 52.0 Å². The van der Waals surface area contributed by atoms with Crippen molar-refractivity contribution in [2.24, 2.45) is 11.5 Å². The highest BCUT2D eigenvalue weighted by Crippen LogP contribution is 1.64. The molecule has 0 heterocycles. The summed E-state index contributed by atoms with van der Waals surface area (Å²) in [6, 6.07) is 0. The van der Waals surface area contributed by atoms with Crippen molar-refractivity contribution in [2.75, 3.05) is 13.1 Å². The summed E-state index contributed by atoms with van der Waals surface area (Å²) in [5.41, 5.74) is 10.2. The van der Waals surface area contributed by atoms with E-state index in [1.54, 1.807) is 12.2 Å². The lowest BCUT2D eigenvalue weighted by molar-refractivity contribution is 1.30. The summed E-state index contributed by atoms with van der Waals surface area (Å²) >= 11 is 0. The van der Waals surface area contributed by atoms with Gasteiger partial charge in [-0.1, -0.05) is 23.7 Å². The third-order valence-corrected chi connectivity index (χ3v) is 0.658. The normalized spacial score (nSPS) is 7.80. The van der Waals surface area contributed by atoms with E-state index in [1.807, 2.05) is 0 Å². The van der Waals surface area contributed by atoms with Gasteiger partial charge >= 0.3 is 0 Å². The summed E-state index contributed by atoms with van der Waals surface area (Å²) in [5.74, 6) is 10.7. The zero-order chi connectivity index (χ0) is 7.66. The van der Waals surface area contributed by atoms with Gasteiger partial charge in [-0.3, -0.25) is 0 Å². The van der Waals surface area contributed by atoms with Crippen molar-refractivity contribution in [1.29, 1.82) is 0 Å². The molecule has 0 amide bonds. The Balaban J connectivity index is 3.56. The third kappa shape index (κ3) is 6.78. The quantitative estimate of drug-likeness (QED) is 0.437. The van der Waals surface area contributed by atoms with Gasteiger partial charge in [0.15, 0.2) is 0 Å². The Morgan fingerprint density at radius 2 is 1.30 bits per heavy atom. The van der Waals surface area contributed by atoms with E-state index < -0.39 is 0 Å². The van der Waals surface area contributed by atoms with Crippen LogP contribution < -0.4 is 11.5 Å². The van der Waals surface area contributed by atoms with Crippen LogP contribution in [0.4, 0.5) is 0 Å². The average Bonchev–Trinajstić information content (AvgIpc) is 1.97. The van der Waals surface area contributed by atoms with Crippen LogP contribution in [0.25, 0.3) is 0 Å². The first-order chi connectivity index (χ1) is 4.91. The Hall–Kier alpha value is -1.22. The first-order valence-electron chi connectivity index (χ1n) is 2.93. The van der Waals surface area contributed by atoms with Crippen LogP contribution in [0, 0.1) is 23.7 Å². The van der Waals surface area contributed by atoms with Gasteiger partial charge in [0.1, 0.15) is 0 Å². The summed E-state index contributed by atoms with van der Waals surface area (Å²) in [5, 5.41) is 0. The fourth-order valence-corrected chi connectivity index (χ4v) is 0.319. The lowest BCUT2D eigenvalue weighted by atomic mass is 10.4. The highest BCUT2D eigenvalue weighted by atomic mass is 14.5. The van der Waals surface area contributed by atoms with Crippen LogP contribution in [0.2, 0.25) is 0 Å². The molecule has 0 aromatic carbocycles. The van der Waals surface area contributed by atoms with Crippen LogP contribution in [0.1, 0.15) is 0 Å². The molecule has 52 valence electrons. The molecule has 10 heavy (non-hydrogen) atoms. The minimum atomic E-state index is 0.384. The monoisotopic (exact) mass is 134 g/mol. The molecule has 0 aliphatic rings. The first-order valence-corrected chi connectivity index (χ1v) is 2.93. The van der Waals surface area contributed by atoms with E-state index >= 15 is 0 Å². The number of nitrogens with two attached hydrogens (primary N) is 2. The smallest absolute Gasteiger partial charge is 0.0554 e. The fourth-order valence-electron chi connectivity index (χ4n) is 0.319. The van der Waals surface area contributed by atoms with Gasteiger partial charge in [0, 0.05) is 0 Å². The molecule has 0 spiro atoms. The molecule has 0 saturated heterocycles. The van der Waals surface area contributed by atoms with Gasteiger partial charge in [-0.05, 0) is 12.2 Å². The molecule has 0 bridgehead atoms. The molecule has 2 nitrogen and oxygen atoms in total. The van der Waals surface area contributed by atoms with Gasteiger partial charge in [-0.25, -0.2) is 0 Å². The molecule has 0 atom stereocenters. The van der Waals surface area contributed by atoms with Gasteiger partial charge in [0.05, 0.1) is 13.1 Å². The van der Waals surface area contributed by atoms with Crippen LogP contribution >= 0.6 is 0 Å². The van der Waals surface area contributed by atoms with Gasteiger partial charge in [-0.15, -0.1) is 0 Å². The van der Waals surface area contributed by atoms with E-state index in [0.29, 0.717) is 13.1 Å². The molecule has 0 fully saturated rings. The molecular weight excluding hydrogens is 124 g/mol. The van der Waals surface area contributed by atoms with Crippen LogP contribution in [-0.4, -0.2) is 13.1 Å². The Kier molecular flexibility index (Phi) is 6.83. The molecule has 2 heteroatoms. The molecule has 0 radical (unpaired) electrons. The minimum Gasteiger partial charge on any atom is -0.320 e. The lowest BCUT2D eigenvalue weighted by Crippen LogP contribution is -1.92. The highest BCUT2D eigenvalue weighted by molar-refractivity contribution is 5.25. The van der Waals surface area contributed by atoms with Gasteiger partial charge in [0.2, 0.25) is 0 Å². The second kappa shape index (κ2) is 7.78. The van der Waals surface area contributed by atoms with E-state index in [-0.39, 0.29) is 0 Å². The predicted molar refractivity (Wildman–Crippen MR) is 42.8 cm³/mol. The Morgan fingerprint density at radius 3 is 1.60 bits per heavy atom. The molecular formula is C8H10N2. The van der Waals surface area contributed by atoms with Crippen molar-refractivity contribution in [3.05, 3.63) is 12.2 Å². The standard InChI is InChI=1S/C8H10N2/c9-7-5-3-1-2-4-6-8-10/h1-2H,7-10H2. The number of allylic oxidation sites excluding steroid dienone is 2. The van der Waals surface area contributed by atoms with Crippen LogP contribution in [-0.2, 0) is 0 Å². The number of hydrogen-bond donors (Lipinski definition) is 2. The largest absolute Gasteiger partial charge is 0.320 e. The molecule has 0 saturated carbocycles. The van der Waals surface area contributed by atoms with E-state index in [9.17, 15) is 0 Å². The fraction of sp³-hybridized carbons (Fsp3) is 0.250. The van der Waals surface area contributed by atoms with Crippen LogP contribution in [0.15, 0.2) is 12.2 Å². The zero-order valence-corrected chi connectivity index (χ0v) is 5.72. The maximum absolute atomic E-state index is 5.11.